The Hall–Kier alpha value is -2.51. The van der Waals surface area contributed by atoms with Crippen molar-refractivity contribution in [3.63, 3.8) is 0 Å². The summed E-state index contributed by atoms with van der Waals surface area (Å²) in [5.41, 5.74) is 2.25. The van der Waals surface area contributed by atoms with Crippen LogP contribution in [-0.4, -0.2) is 40.6 Å². The fraction of sp³-hybridized carbons (Fsp3) is 0.308. The van der Waals surface area contributed by atoms with Crippen molar-refractivity contribution in [3.05, 3.63) is 108 Å². The quantitative estimate of drug-likeness (QED) is 0.224. The molecule has 3 aromatic rings. The van der Waals surface area contributed by atoms with Crippen LogP contribution in [0, 0.1) is 0 Å². The smallest absolute Gasteiger partial charge is 0.264 e. The highest BCUT2D eigenvalue weighted by atomic mass is 32.2. The predicted molar refractivity (Wildman–Crippen MR) is 126 cm³/mol. The van der Waals surface area contributed by atoms with Crippen LogP contribution in [0.5, 0.6) is 0 Å². The lowest BCUT2D eigenvalue weighted by molar-refractivity contribution is -0.0695. The first-order valence-corrected chi connectivity index (χ1v) is 12.5. The highest BCUT2D eigenvalue weighted by molar-refractivity contribution is 7.85. The Morgan fingerprint density at radius 1 is 0.750 bits per heavy atom. The first-order valence-electron chi connectivity index (χ1n) is 10.7. The zero-order chi connectivity index (χ0) is 22.9. The monoisotopic (exact) mass is 454 g/mol. The lowest BCUT2D eigenvalue weighted by Crippen LogP contribution is -2.36. The van der Waals surface area contributed by atoms with Gasteiger partial charge in [-0.05, 0) is 23.1 Å². The Labute approximate surface area is 191 Å². The Kier molecular flexibility index (Phi) is 8.59. The van der Waals surface area contributed by atoms with Crippen molar-refractivity contribution in [3.8, 4) is 0 Å². The van der Waals surface area contributed by atoms with Crippen LogP contribution >= 0.6 is 0 Å². The minimum atomic E-state index is -3.48. The van der Waals surface area contributed by atoms with Gasteiger partial charge in [0.25, 0.3) is 10.1 Å². The molecule has 0 aliphatic carbocycles. The number of rotatable bonds is 12. The zero-order valence-corrected chi connectivity index (χ0v) is 19.3. The van der Waals surface area contributed by atoms with Crippen molar-refractivity contribution < 1.29 is 22.1 Å². The van der Waals surface area contributed by atoms with Crippen molar-refractivity contribution in [2.75, 3.05) is 26.1 Å². The molecule has 1 atom stereocenters. The first-order chi connectivity index (χ1) is 15.5. The fourth-order valence-corrected chi connectivity index (χ4v) is 4.04. The summed E-state index contributed by atoms with van der Waals surface area (Å²) in [6.45, 7) is 2.50. The maximum Gasteiger partial charge on any atom is 0.264 e. The summed E-state index contributed by atoms with van der Waals surface area (Å²) in [5.74, 6) is 0. The molecule has 0 aromatic heterocycles. The Morgan fingerprint density at radius 3 is 1.56 bits per heavy atom. The van der Waals surface area contributed by atoms with Gasteiger partial charge in [-0.1, -0.05) is 97.9 Å². The largest absolute Gasteiger partial charge is 0.373 e. The maximum absolute atomic E-state index is 11.2. The molecule has 0 saturated heterocycles. The van der Waals surface area contributed by atoms with Gasteiger partial charge in [-0.3, -0.25) is 4.18 Å². The molecule has 0 spiro atoms. The van der Waals surface area contributed by atoms with Crippen LogP contribution in [0.3, 0.4) is 0 Å². The Bertz CT molecular complexity index is 941. The summed E-state index contributed by atoms with van der Waals surface area (Å²) in [4.78, 5) is 0. The molecule has 32 heavy (non-hydrogen) atoms. The Morgan fingerprint density at radius 2 is 1.19 bits per heavy atom. The van der Waals surface area contributed by atoms with E-state index in [9.17, 15) is 8.42 Å². The fourth-order valence-electron chi connectivity index (χ4n) is 3.67. The molecule has 170 valence electrons. The molecule has 0 saturated carbocycles. The number of benzene rings is 3. The van der Waals surface area contributed by atoms with E-state index in [1.54, 1.807) is 0 Å². The van der Waals surface area contributed by atoms with Crippen LogP contribution in [0.1, 0.15) is 30.0 Å². The second-order valence-electron chi connectivity index (χ2n) is 7.52. The third-order valence-electron chi connectivity index (χ3n) is 5.22. The minimum Gasteiger partial charge on any atom is -0.373 e. The number of hydrogen-bond acceptors (Lipinski definition) is 5. The maximum atomic E-state index is 11.2. The zero-order valence-electron chi connectivity index (χ0n) is 18.5. The van der Waals surface area contributed by atoms with Gasteiger partial charge in [0.15, 0.2) is 0 Å². The lowest BCUT2D eigenvalue weighted by atomic mass is 9.80. The third kappa shape index (κ3) is 6.26. The van der Waals surface area contributed by atoms with Crippen LogP contribution < -0.4 is 0 Å². The van der Waals surface area contributed by atoms with Crippen LogP contribution in [-0.2, 0) is 29.4 Å². The molecule has 0 N–H and O–H groups in total. The second-order valence-corrected chi connectivity index (χ2v) is 9.16. The molecule has 0 aliphatic rings. The van der Waals surface area contributed by atoms with Crippen LogP contribution in [0.2, 0.25) is 0 Å². The normalized spacial score (nSPS) is 13.1. The van der Waals surface area contributed by atoms with E-state index < -0.39 is 15.7 Å². The molecule has 0 aliphatic heterocycles. The standard InChI is InChI=1S/C26H30O5S/c1-3-25(29-19-20-31-32(2,27)28)21-30-26(22-13-7-4-8-14-22,23-15-9-5-10-16-23)24-17-11-6-12-18-24/h4-18,25H,3,19-21H2,1-2H3/t25-/m0/s1. The van der Waals surface area contributed by atoms with Gasteiger partial charge in [-0.2, -0.15) is 8.42 Å². The van der Waals surface area contributed by atoms with Crippen molar-refractivity contribution in [1.82, 2.24) is 0 Å². The van der Waals surface area contributed by atoms with Crippen molar-refractivity contribution >= 4 is 10.1 Å². The molecule has 0 unspecified atom stereocenters. The molecule has 3 aromatic carbocycles. The second kappa shape index (κ2) is 11.4. The summed E-state index contributed by atoms with van der Waals surface area (Å²) in [5, 5.41) is 0. The SMILES string of the molecule is CC[C@@H](COC(c1ccccc1)(c1ccccc1)c1ccccc1)OCCOS(C)(=O)=O. The summed E-state index contributed by atoms with van der Waals surface area (Å²) < 4.78 is 39.8. The van der Waals surface area contributed by atoms with Gasteiger partial charge >= 0.3 is 0 Å². The molecular formula is C26H30O5S. The predicted octanol–water partition coefficient (Wildman–Crippen LogP) is 4.77. The van der Waals surface area contributed by atoms with E-state index in [0.717, 1.165) is 22.9 Å². The van der Waals surface area contributed by atoms with E-state index in [1.807, 2.05) is 61.5 Å². The summed E-state index contributed by atoms with van der Waals surface area (Å²) in [6, 6.07) is 30.5. The molecule has 0 amide bonds. The summed E-state index contributed by atoms with van der Waals surface area (Å²) in [6.07, 6.45) is 1.53. The molecule has 0 heterocycles. The third-order valence-corrected chi connectivity index (χ3v) is 5.81. The number of ether oxygens (including phenoxy) is 2. The van der Waals surface area contributed by atoms with Crippen LogP contribution in [0.15, 0.2) is 91.0 Å². The Balaban J connectivity index is 1.91. The summed E-state index contributed by atoms with van der Waals surface area (Å²) in [7, 11) is -3.48. The highest BCUT2D eigenvalue weighted by Gasteiger charge is 2.38. The molecule has 5 nitrogen and oxygen atoms in total. The molecule has 6 heteroatoms. The van der Waals surface area contributed by atoms with E-state index >= 15 is 0 Å². The molecule has 0 bridgehead atoms. The van der Waals surface area contributed by atoms with Gasteiger partial charge in [0.2, 0.25) is 0 Å². The van der Waals surface area contributed by atoms with E-state index in [2.05, 4.69) is 36.4 Å². The van der Waals surface area contributed by atoms with Gasteiger partial charge in [-0.15, -0.1) is 0 Å². The van der Waals surface area contributed by atoms with Gasteiger partial charge in [0.05, 0.1) is 32.2 Å². The summed E-state index contributed by atoms with van der Waals surface area (Å²) >= 11 is 0. The van der Waals surface area contributed by atoms with E-state index in [1.165, 1.54) is 0 Å². The molecule has 0 radical (unpaired) electrons. The molecule has 0 fully saturated rings. The number of hydrogen-bond donors (Lipinski definition) is 0. The lowest BCUT2D eigenvalue weighted by Gasteiger charge is -2.37. The van der Waals surface area contributed by atoms with E-state index in [0.29, 0.717) is 13.0 Å². The van der Waals surface area contributed by atoms with Crippen LogP contribution in [0.4, 0.5) is 0 Å². The van der Waals surface area contributed by atoms with Gasteiger partial charge < -0.3 is 9.47 Å². The minimum absolute atomic E-state index is 0.0173. The molecule has 3 rings (SSSR count). The highest BCUT2D eigenvalue weighted by Crippen LogP contribution is 2.40. The van der Waals surface area contributed by atoms with Crippen molar-refractivity contribution in [2.24, 2.45) is 0 Å². The average Bonchev–Trinajstić information content (AvgIpc) is 2.82. The van der Waals surface area contributed by atoms with E-state index in [4.69, 9.17) is 13.7 Å². The van der Waals surface area contributed by atoms with Gasteiger partial charge in [0, 0.05) is 0 Å². The van der Waals surface area contributed by atoms with Crippen molar-refractivity contribution in [2.45, 2.75) is 25.0 Å². The average molecular weight is 455 g/mol. The van der Waals surface area contributed by atoms with Gasteiger partial charge in [0.1, 0.15) is 5.60 Å². The topological polar surface area (TPSA) is 61.8 Å². The molecular weight excluding hydrogens is 424 g/mol. The first kappa shape index (κ1) is 24.1. The van der Waals surface area contributed by atoms with Crippen LogP contribution in [0.25, 0.3) is 0 Å². The van der Waals surface area contributed by atoms with Gasteiger partial charge in [-0.25, -0.2) is 0 Å². The van der Waals surface area contributed by atoms with E-state index in [-0.39, 0.29) is 19.3 Å². The van der Waals surface area contributed by atoms with Crippen molar-refractivity contribution in [1.29, 1.82) is 0 Å².